The van der Waals surface area contributed by atoms with Crippen LogP contribution >= 0.6 is 0 Å². The molecule has 0 aromatic carbocycles. The van der Waals surface area contributed by atoms with Gasteiger partial charge in [0, 0.05) is 11.8 Å². The Bertz CT molecular complexity index is 467. The van der Waals surface area contributed by atoms with E-state index in [0.29, 0.717) is 25.7 Å². The minimum Gasteiger partial charge on any atom is -0.479 e. The number of rotatable bonds is 6. The van der Waals surface area contributed by atoms with E-state index in [-0.39, 0.29) is 11.7 Å². The van der Waals surface area contributed by atoms with Crippen molar-refractivity contribution in [3.8, 4) is 0 Å². The van der Waals surface area contributed by atoms with Gasteiger partial charge in [0.05, 0.1) is 0 Å². The Morgan fingerprint density at radius 3 is 1.74 bits per heavy atom. The minimum atomic E-state index is -2.30. The second kappa shape index (κ2) is 7.53. The number of carboxylic acid groups (broad SMARTS) is 1. The van der Waals surface area contributed by atoms with Gasteiger partial charge in [0.25, 0.3) is 0 Å². The van der Waals surface area contributed by atoms with Crippen molar-refractivity contribution in [2.45, 2.75) is 75.8 Å². The molecule has 23 heavy (non-hydrogen) atoms. The number of ketones is 2. The maximum atomic E-state index is 12.8. The summed E-state index contributed by atoms with van der Waals surface area (Å²) in [6, 6.07) is -1.46. The normalized spacial score (nSPS) is 24.6. The largest absolute Gasteiger partial charge is 0.479 e. The van der Waals surface area contributed by atoms with Crippen LogP contribution in [0.1, 0.15) is 64.2 Å². The third-order valence-electron chi connectivity index (χ3n) is 5.54. The summed E-state index contributed by atoms with van der Waals surface area (Å²) in [7, 11) is 0. The number of aliphatic carboxylic acids is 1. The third-order valence-corrected chi connectivity index (χ3v) is 5.54. The maximum absolute atomic E-state index is 12.8. The molecule has 0 bridgehead atoms. The quantitative estimate of drug-likeness (QED) is 0.634. The average Bonchev–Trinajstić information content (AvgIpc) is 2.60. The molecular weight excluding hydrogens is 296 g/mol. The summed E-state index contributed by atoms with van der Waals surface area (Å²) in [5.41, 5.74) is 9.64. The predicted molar refractivity (Wildman–Crippen MR) is 85.7 cm³/mol. The first-order valence-electron chi connectivity index (χ1n) is 8.75. The van der Waals surface area contributed by atoms with Gasteiger partial charge in [-0.3, -0.25) is 9.59 Å². The number of hydrogen-bond acceptors (Lipinski definition) is 5. The van der Waals surface area contributed by atoms with E-state index in [9.17, 15) is 19.5 Å². The fourth-order valence-corrected chi connectivity index (χ4v) is 3.96. The molecule has 0 saturated heterocycles. The van der Waals surface area contributed by atoms with Crippen molar-refractivity contribution in [3.63, 3.8) is 0 Å². The van der Waals surface area contributed by atoms with Crippen LogP contribution in [0, 0.1) is 11.8 Å². The molecule has 2 aliphatic carbocycles. The summed E-state index contributed by atoms with van der Waals surface area (Å²) >= 11 is 0. The highest BCUT2D eigenvalue weighted by Gasteiger charge is 2.53. The number of Topliss-reactive ketones (excluding diaryl/α,β-unsaturated/α-hetero) is 2. The van der Waals surface area contributed by atoms with Gasteiger partial charge in [0.2, 0.25) is 0 Å². The highest BCUT2D eigenvalue weighted by molar-refractivity contribution is 6.14. The minimum absolute atomic E-state index is 0.264. The Morgan fingerprint density at radius 2 is 1.30 bits per heavy atom. The molecule has 2 unspecified atom stereocenters. The van der Waals surface area contributed by atoms with E-state index >= 15 is 0 Å². The Kier molecular flexibility index (Phi) is 5.92. The highest BCUT2D eigenvalue weighted by atomic mass is 16.4. The van der Waals surface area contributed by atoms with Gasteiger partial charge in [-0.25, -0.2) is 4.79 Å². The summed E-state index contributed by atoms with van der Waals surface area (Å²) in [4.78, 5) is 37.1. The Balaban J connectivity index is 2.18. The summed E-state index contributed by atoms with van der Waals surface area (Å²) < 4.78 is 0. The van der Waals surface area contributed by atoms with E-state index in [0.717, 1.165) is 38.5 Å². The first kappa shape index (κ1) is 18.1. The van der Waals surface area contributed by atoms with E-state index in [2.05, 4.69) is 0 Å². The molecule has 2 rings (SSSR count). The number of carbonyl (C=O) groups is 3. The lowest BCUT2D eigenvalue weighted by Gasteiger charge is -2.35. The van der Waals surface area contributed by atoms with E-state index in [1.54, 1.807) is 0 Å². The van der Waals surface area contributed by atoms with Gasteiger partial charge in [0.15, 0.2) is 17.1 Å². The molecule has 0 amide bonds. The lowest BCUT2D eigenvalue weighted by Crippen LogP contribution is -2.70. The number of carboxylic acids is 1. The van der Waals surface area contributed by atoms with E-state index in [1.807, 2.05) is 0 Å². The predicted octanol–water partition coefficient (Wildman–Crippen LogP) is 1.39. The third kappa shape index (κ3) is 3.63. The smallest absolute Gasteiger partial charge is 0.333 e. The van der Waals surface area contributed by atoms with E-state index < -0.39 is 29.3 Å². The number of carbonyl (C=O) groups excluding carboxylic acids is 2. The van der Waals surface area contributed by atoms with Crippen LogP contribution < -0.4 is 11.5 Å². The van der Waals surface area contributed by atoms with Crippen molar-refractivity contribution in [3.05, 3.63) is 0 Å². The Morgan fingerprint density at radius 1 is 0.870 bits per heavy atom. The molecule has 2 atom stereocenters. The average molecular weight is 324 g/mol. The topological polar surface area (TPSA) is 123 Å². The van der Waals surface area contributed by atoms with Gasteiger partial charge in [-0.15, -0.1) is 0 Å². The molecule has 2 aliphatic rings. The first-order chi connectivity index (χ1) is 10.9. The molecule has 0 aromatic rings. The zero-order valence-corrected chi connectivity index (χ0v) is 13.6. The molecule has 0 aromatic heterocycles. The number of hydrogen-bond donors (Lipinski definition) is 3. The van der Waals surface area contributed by atoms with Gasteiger partial charge in [-0.1, -0.05) is 38.5 Å². The molecule has 0 aliphatic heterocycles. The van der Waals surface area contributed by atoms with Crippen LogP contribution in [-0.2, 0) is 14.4 Å². The lowest BCUT2D eigenvalue weighted by molar-refractivity contribution is -0.154. The molecule has 130 valence electrons. The fourth-order valence-electron chi connectivity index (χ4n) is 3.96. The van der Waals surface area contributed by atoms with Crippen LogP contribution in [-0.4, -0.2) is 34.2 Å². The molecule has 2 fully saturated rings. The summed E-state index contributed by atoms with van der Waals surface area (Å²) in [6.07, 6.45) is 8.45. The second-order valence-electron chi connectivity index (χ2n) is 7.09. The lowest BCUT2D eigenvalue weighted by atomic mass is 9.71. The molecule has 6 heteroatoms. The number of nitrogens with two attached hydrogens (primary N) is 2. The Hall–Kier alpha value is -1.27. The van der Waals surface area contributed by atoms with Crippen molar-refractivity contribution in [2.24, 2.45) is 23.3 Å². The van der Waals surface area contributed by atoms with Gasteiger partial charge >= 0.3 is 5.97 Å². The first-order valence-corrected chi connectivity index (χ1v) is 8.75. The van der Waals surface area contributed by atoms with Gasteiger partial charge < -0.3 is 16.6 Å². The molecular formula is C17H28N2O4. The highest BCUT2D eigenvalue weighted by Crippen LogP contribution is 2.31. The van der Waals surface area contributed by atoms with Crippen LogP contribution in [0.5, 0.6) is 0 Å². The van der Waals surface area contributed by atoms with E-state index in [1.165, 1.54) is 0 Å². The van der Waals surface area contributed by atoms with Crippen molar-refractivity contribution in [1.29, 1.82) is 0 Å². The van der Waals surface area contributed by atoms with Gasteiger partial charge in [-0.2, -0.15) is 0 Å². The molecule has 0 spiro atoms. The molecule has 0 heterocycles. The zero-order chi connectivity index (χ0) is 17.0. The van der Waals surface area contributed by atoms with Crippen LogP contribution in [0.4, 0.5) is 0 Å². The molecule has 6 nitrogen and oxygen atoms in total. The van der Waals surface area contributed by atoms with Crippen molar-refractivity contribution in [1.82, 2.24) is 0 Å². The van der Waals surface area contributed by atoms with Gasteiger partial charge in [0.1, 0.15) is 6.04 Å². The molecule has 5 N–H and O–H groups in total. The summed E-state index contributed by atoms with van der Waals surface area (Å²) in [5, 5.41) is 9.57. The van der Waals surface area contributed by atoms with E-state index in [4.69, 9.17) is 11.5 Å². The monoisotopic (exact) mass is 324 g/mol. The SMILES string of the molecule is NC(C(=O)C1CCCCC1)C(N)(C(=O)O)C(=O)C1CCCCC1. The zero-order valence-electron chi connectivity index (χ0n) is 13.6. The summed E-state index contributed by atoms with van der Waals surface area (Å²) in [6.45, 7) is 0. The van der Waals surface area contributed by atoms with Crippen LogP contribution in [0.2, 0.25) is 0 Å². The van der Waals surface area contributed by atoms with Crippen molar-refractivity contribution >= 4 is 17.5 Å². The van der Waals surface area contributed by atoms with Gasteiger partial charge in [-0.05, 0) is 25.7 Å². The van der Waals surface area contributed by atoms with Crippen LogP contribution in [0.3, 0.4) is 0 Å². The standard InChI is InChI=1S/C17H28N2O4/c18-14(13(20)11-7-3-1-4-8-11)17(19,16(22)23)15(21)12-9-5-2-6-10-12/h11-12,14H,1-10,18-19H2,(H,22,23). The second-order valence-corrected chi connectivity index (χ2v) is 7.09. The molecule has 0 radical (unpaired) electrons. The van der Waals surface area contributed by atoms with Crippen molar-refractivity contribution < 1.29 is 19.5 Å². The van der Waals surface area contributed by atoms with Crippen LogP contribution in [0.25, 0.3) is 0 Å². The van der Waals surface area contributed by atoms with Crippen LogP contribution in [0.15, 0.2) is 0 Å². The van der Waals surface area contributed by atoms with Crippen molar-refractivity contribution in [2.75, 3.05) is 0 Å². The fraction of sp³-hybridized carbons (Fsp3) is 0.824. The maximum Gasteiger partial charge on any atom is 0.333 e. The molecule has 2 saturated carbocycles. The summed E-state index contributed by atoms with van der Waals surface area (Å²) in [5.74, 6) is -3.07. The Labute approximate surface area is 137 Å².